The summed E-state index contributed by atoms with van der Waals surface area (Å²) in [5, 5.41) is 9.96. The number of carboxylic acid groups (broad SMARTS) is 1. The van der Waals surface area contributed by atoms with Crippen molar-refractivity contribution in [2.75, 3.05) is 11.9 Å². The van der Waals surface area contributed by atoms with Crippen LogP contribution < -0.4 is 4.90 Å². The number of hydrogen-bond donors (Lipinski definition) is 1. The SMILES string of the molecule is CCC(C(=O)O)N(C)c1nccc2occc12. The molecule has 90 valence electrons. The van der Waals surface area contributed by atoms with Crippen molar-refractivity contribution in [2.24, 2.45) is 0 Å². The molecular weight excluding hydrogens is 220 g/mol. The fourth-order valence-corrected chi connectivity index (χ4v) is 1.92. The van der Waals surface area contributed by atoms with Crippen molar-refractivity contribution in [1.29, 1.82) is 0 Å². The number of carbonyl (C=O) groups is 1. The summed E-state index contributed by atoms with van der Waals surface area (Å²) in [5.74, 6) is -0.220. The van der Waals surface area contributed by atoms with Crippen molar-refractivity contribution in [3.63, 3.8) is 0 Å². The lowest BCUT2D eigenvalue weighted by Gasteiger charge is -2.25. The van der Waals surface area contributed by atoms with Crippen molar-refractivity contribution in [3.8, 4) is 0 Å². The summed E-state index contributed by atoms with van der Waals surface area (Å²) in [6.07, 6.45) is 3.71. The van der Waals surface area contributed by atoms with Crippen molar-refractivity contribution < 1.29 is 14.3 Å². The highest BCUT2D eigenvalue weighted by atomic mass is 16.4. The molecule has 2 heterocycles. The zero-order chi connectivity index (χ0) is 12.4. The standard InChI is InChI=1S/C12H14N2O3/c1-3-9(12(15)16)14(2)11-8-5-7-17-10(8)4-6-13-11/h4-7,9H,3H2,1-2H3,(H,15,16). The molecular formula is C12H14N2O3. The normalized spacial score (nSPS) is 12.6. The molecule has 0 bridgehead atoms. The van der Waals surface area contributed by atoms with Crippen LogP contribution in [0.3, 0.4) is 0 Å². The molecule has 0 aliphatic rings. The van der Waals surface area contributed by atoms with Gasteiger partial charge in [-0.2, -0.15) is 0 Å². The van der Waals surface area contributed by atoms with E-state index in [1.54, 1.807) is 36.5 Å². The van der Waals surface area contributed by atoms with Crippen LogP contribution in [0, 0.1) is 0 Å². The van der Waals surface area contributed by atoms with Crippen LogP contribution in [0.2, 0.25) is 0 Å². The van der Waals surface area contributed by atoms with Gasteiger partial charge in [0.25, 0.3) is 0 Å². The molecule has 5 heteroatoms. The molecule has 17 heavy (non-hydrogen) atoms. The zero-order valence-corrected chi connectivity index (χ0v) is 9.75. The number of pyridine rings is 1. The first-order valence-electron chi connectivity index (χ1n) is 5.43. The summed E-state index contributed by atoms with van der Waals surface area (Å²) in [4.78, 5) is 17.0. The van der Waals surface area contributed by atoms with Crippen LogP contribution in [0.15, 0.2) is 29.0 Å². The second-order valence-corrected chi connectivity index (χ2v) is 3.84. The largest absolute Gasteiger partial charge is 0.480 e. The quantitative estimate of drug-likeness (QED) is 0.877. The predicted molar refractivity (Wildman–Crippen MR) is 64.1 cm³/mol. The molecule has 1 atom stereocenters. The van der Waals surface area contributed by atoms with E-state index in [9.17, 15) is 4.79 Å². The first-order valence-corrected chi connectivity index (χ1v) is 5.43. The minimum Gasteiger partial charge on any atom is -0.480 e. The van der Waals surface area contributed by atoms with Gasteiger partial charge in [0, 0.05) is 13.2 Å². The van der Waals surface area contributed by atoms with Crippen LogP contribution in [0.1, 0.15) is 13.3 Å². The predicted octanol–water partition coefficient (Wildman–Crippen LogP) is 2.13. The Morgan fingerprint density at radius 1 is 1.59 bits per heavy atom. The minimum absolute atomic E-state index is 0.516. The molecule has 0 aliphatic heterocycles. The molecule has 0 saturated heterocycles. The Hall–Kier alpha value is -2.04. The van der Waals surface area contributed by atoms with Crippen molar-refractivity contribution >= 4 is 22.8 Å². The van der Waals surface area contributed by atoms with Gasteiger partial charge in [-0.25, -0.2) is 9.78 Å². The van der Waals surface area contributed by atoms with E-state index in [0.29, 0.717) is 17.8 Å². The highest BCUT2D eigenvalue weighted by Gasteiger charge is 2.23. The topological polar surface area (TPSA) is 66.6 Å². The second-order valence-electron chi connectivity index (χ2n) is 3.84. The van der Waals surface area contributed by atoms with E-state index < -0.39 is 12.0 Å². The molecule has 2 rings (SSSR count). The van der Waals surface area contributed by atoms with Crippen molar-refractivity contribution in [2.45, 2.75) is 19.4 Å². The molecule has 1 unspecified atom stereocenters. The summed E-state index contributed by atoms with van der Waals surface area (Å²) in [6.45, 7) is 1.84. The Balaban J connectivity index is 2.45. The van der Waals surface area contributed by atoms with Gasteiger partial charge in [0.1, 0.15) is 17.4 Å². The third kappa shape index (κ3) is 1.95. The zero-order valence-electron chi connectivity index (χ0n) is 9.75. The number of nitrogens with zero attached hydrogens (tertiary/aromatic N) is 2. The maximum Gasteiger partial charge on any atom is 0.326 e. The molecule has 0 aromatic carbocycles. The molecule has 5 nitrogen and oxygen atoms in total. The second kappa shape index (κ2) is 4.45. The first kappa shape index (κ1) is 11.4. The molecule has 0 radical (unpaired) electrons. The summed E-state index contributed by atoms with van der Waals surface area (Å²) < 4.78 is 5.27. The lowest BCUT2D eigenvalue weighted by Crippen LogP contribution is -2.38. The van der Waals surface area contributed by atoms with Crippen LogP contribution in [0.5, 0.6) is 0 Å². The number of aliphatic carboxylic acids is 1. The molecule has 1 N–H and O–H groups in total. The molecule has 2 aromatic rings. The van der Waals surface area contributed by atoms with Gasteiger partial charge < -0.3 is 14.4 Å². The Morgan fingerprint density at radius 2 is 2.35 bits per heavy atom. The average molecular weight is 234 g/mol. The van der Waals surface area contributed by atoms with Gasteiger partial charge in [0.2, 0.25) is 0 Å². The van der Waals surface area contributed by atoms with Gasteiger partial charge >= 0.3 is 5.97 Å². The van der Waals surface area contributed by atoms with Crippen LogP contribution in [0.4, 0.5) is 5.82 Å². The van der Waals surface area contributed by atoms with Crippen molar-refractivity contribution in [1.82, 2.24) is 4.98 Å². The van der Waals surface area contributed by atoms with Crippen LogP contribution >= 0.6 is 0 Å². The highest BCUT2D eigenvalue weighted by Crippen LogP contribution is 2.26. The van der Waals surface area contributed by atoms with E-state index in [1.807, 2.05) is 6.92 Å². The van der Waals surface area contributed by atoms with Crippen LogP contribution in [0.25, 0.3) is 11.0 Å². The summed E-state index contributed by atoms with van der Waals surface area (Å²) in [6, 6.07) is 2.97. The van der Waals surface area contributed by atoms with Gasteiger partial charge in [0.05, 0.1) is 11.6 Å². The fourth-order valence-electron chi connectivity index (χ4n) is 1.92. The smallest absolute Gasteiger partial charge is 0.326 e. The van der Waals surface area contributed by atoms with E-state index in [-0.39, 0.29) is 0 Å². The molecule has 0 aliphatic carbocycles. The molecule has 0 amide bonds. The van der Waals surface area contributed by atoms with E-state index in [4.69, 9.17) is 9.52 Å². The average Bonchev–Trinajstić information content (AvgIpc) is 2.76. The van der Waals surface area contributed by atoms with Gasteiger partial charge in [-0.05, 0) is 18.6 Å². The number of likely N-dealkylation sites (N-methyl/N-ethyl adjacent to an activating group) is 1. The van der Waals surface area contributed by atoms with E-state index in [1.165, 1.54) is 0 Å². The van der Waals surface area contributed by atoms with E-state index in [0.717, 1.165) is 5.39 Å². The van der Waals surface area contributed by atoms with Crippen LogP contribution in [-0.2, 0) is 4.79 Å². The van der Waals surface area contributed by atoms with Gasteiger partial charge in [-0.1, -0.05) is 6.92 Å². The minimum atomic E-state index is -0.850. The maximum atomic E-state index is 11.1. The van der Waals surface area contributed by atoms with Gasteiger partial charge in [-0.3, -0.25) is 0 Å². The third-order valence-corrected chi connectivity index (χ3v) is 2.83. The van der Waals surface area contributed by atoms with Crippen molar-refractivity contribution in [3.05, 3.63) is 24.6 Å². The first-order chi connectivity index (χ1) is 8.15. The lowest BCUT2D eigenvalue weighted by atomic mass is 10.2. The maximum absolute atomic E-state index is 11.1. The molecule has 0 fully saturated rings. The summed E-state index contributed by atoms with van der Waals surface area (Å²) >= 11 is 0. The summed E-state index contributed by atoms with van der Waals surface area (Å²) in [7, 11) is 1.73. The Bertz CT molecular complexity index is 535. The number of rotatable bonds is 4. The Labute approximate surface area is 98.7 Å². The molecule has 2 aromatic heterocycles. The lowest BCUT2D eigenvalue weighted by molar-refractivity contribution is -0.138. The van der Waals surface area contributed by atoms with Gasteiger partial charge in [0.15, 0.2) is 0 Å². The summed E-state index contributed by atoms with van der Waals surface area (Å²) in [5.41, 5.74) is 0.710. The number of aromatic nitrogens is 1. The number of hydrogen-bond acceptors (Lipinski definition) is 4. The third-order valence-electron chi connectivity index (χ3n) is 2.83. The Kier molecular flexibility index (Phi) is 2.99. The number of fused-ring (bicyclic) bond motifs is 1. The fraction of sp³-hybridized carbons (Fsp3) is 0.333. The van der Waals surface area contributed by atoms with Crippen LogP contribution in [-0.4, -0.2) is 29.1 Å². The Morgan fingerprint density at radius 3 is 3.00 bits per heavy atom. The molecule has 0 spiro atoms. The monoisotopic (exact) mass is 234 g/mol. The van der Waals surface area contributed by atoms with E-state index >= 15 is 0 Å². The number of furan rings is 1. The van der Waals surface area contributed by atoms with Gasteiger partial charge in [-0.15, -0.1) is 0 Å². The highest BCUT2D eigenvalue weighted by molar-refractivity contribution is 5.90. The van der Waals surface area contributed by atoms with E-state index in [2.05, 4.69) is 4.98 Å². The number of carboxylic acids is 1. The molecule has 0 saturated carbocycles. The number of anilines is 1.